The van der Waals surface area contributed by atoms with Crippen LogP contribution in [0.3, 0.4) is 0 Å². The average molecular weight is 316 g/mol. The van der Waals surface area contributed by atoms with E-state index in [4.69, 9.17) is 11.6 Å². The predicted molar refractivity (Wildman–Crippen MR) is 88.5 cm³/mol. The van der Waals surface area contributed by atoms with Crippen molar-refractivity contribution in [2.45, 2.75) is 12.8 Å². The van der Waals surface area contributed by atoms with Crippen molar-refractivity contribution in [2.24, 2.45) is 0 Å². The van der Waals surface area contributed by atoms with Crippen LogP contribution < -0.4 is 4.90 Å². The molecule has 2 heterocycles. The molecule has 0 bridgehead atoms. The molecule has 0 fully saturated rings. The van der Waals surface area contributed by atoms with Gasteiger partial charge >= 0.3 is 6.03 Å². The van der Waals surface area contributed by atoms with Crippen molar-refractivity contribution in [2.75, 3.05) is 25.0 Å². The van der Waals surface area contributed by atoms with Gasteiger partial charge in [-0.25, -0.2) is 9.78 Å². The van der Waals surface area contributed by atoms with Gasteiger partial charge in [0.1, 0.15) is 5.82 Å². The lowest BCUT2D eigenvalue weighted by Crippen LogP contribution is -2.41. The Morgan fingerprint density at radius 1 is 1.32 bits per heavy atom. The van der Waals surface area contributed by atoms with E-state index in [2.05, 4.69) is 4.98 Å². The Balaban J connectivity index is 1.62. The van der Waals surface area contributed by atoms with Gasteiger partial charge < -0.3 is 4.90 Å². The van der Waals surface area contributed by atoms with Crippen molar-refractivity contribution < 1.29 is 4.79 Å². The summed E-state index contributed by atoms with van der Waals surface area (Å²) in [6.45, 7) is 1.37. The minimum atomic E-state index is 0.00594. The molecule has 1 aliphatic heterocycles. The highest BCUT2D eigenvalue weighted by molar-refractivity contribution is 6.30. The van der Waals surface area contributed by atoms with Crippen LogP contribution in [0.25, 0.3) is 0 Å². The number of halogens is 1. The molecule has 0 unspecified atom stereocenters. The maximum Gasteiger partial charge on any atom is 0.325 e. The molecule has 1 aromatic carbocycles. The summed E-state index contributed by atoms with van der Waals surface area (Å²) in [5.41, 5.74) is 2.31. The number of hydrogen-bond acceptors (Lipinski definition) is 2. The highest BCUT2D eigenvalue weighted by atomic mass is 35.5. The van der Waals surface area contributed by atoms with Crippen molar-refractivity contribution in [1.82, 2.24) is 9.88 Å². The fourth-order valence-electron chi connectivity index (χ4n) is 2.64. The van der Waals surface area contributed by atoms with Gasteiger partial charge in [-0.2, -0.15) is 0 Å². The molecule has 0 saturated heterocycles. The number of aromatic nitrogens is 1. The molecule has 22 heavy (non-hydrogen) atoms. The number of hydrogen-bond donors (Lipinski definition) is 0. The molecule has 0 N–H and O–H groups in total. The third-order valence-corrected chi connectivity index (χ3v) is 4.19. The van der Waals surface area contributed by atoms with E-state index in [0.29, 0.717) is 13.1 Å². The maximum atomic E-state index is 12.6. The molecule has 1 aromatic heterocycles. The Kier molecular flexibility index (Phi) is 4.29. The van der Waals surface area contributed by atoms with Gasteiger partial charge in [-0.15, -0.1) is 0 Å². The zero-order chi connectivity index (χ0) is 15.5. The summed E-state index contributed by atoms with van der Waals surface area (Å²) in [4.78, 5) is 20.4. The predicted octanol–water partition coefficient (Wildman–Crippen LogP) is 3.39. The van der Waals surface area contributed by atoms with Gasteiger partial charge in [-0.3, -0.25) is 4.90 Å². The molecule has 0 aliphatic carbocycles. The number of likely N-dealkylation sites (N-methyl/N-ethyl adjacent to an activating group) is 1. The van der Waals surface area contributed by atoms with Gasteiger partial charge in [0, 0.05) is 31.4 Å². The van der Waals surface area contributed by atoms with Crippen molar-refractivity contribution in [3.8, 4) is 0 Å². The van der Waals surface area contributed by atoms with Gasteiger partial charge in [0.25, 0.3) is 0 Å². The number of carbonyl (C=O) groups excluding carboxylic acids is 1. The van der Waals surface area contributed by atoms with Crippen LogP contribution in [0, 0.1) is 0 Å². The third-order valence-electron chi connectivity index (χ3n) is 3.93. The van der Waals surface area contributed by atoms with E-state index in [9.17, 15) is 4.79 Å². The maximum absolute atomic E-state index is 12.6. The van der Waals surface area contributed by atoms with Crippen LogP contribution >= 0.6 is 11.6 Å². The average Bonchev–Trinajstić information content (AvgIpc) is 2.97. The monoisotopic (exact) mass is 315 g/mol. The van der Waals surface area contributed by atoms with Crippen molar-refractivity contribution in [1.29, 1.82) is 0 Å². The van der Waals surface area contributed by atoms with Gasteiger partial charge in [-0.05, 0) is 42.2 Å². The second-order valence-corrected chi connectivity index (χ2v) is 5.90. The summed E-state index contributed by atoms with van der Waals surface area (Å²) in [5, 5.41) is 0.730. The van der Waals surface area contributed by atoms with Crippen molar-refractivity contribution in [3.05, 3.63) is 58.7 Å². The number of nitrogens with zero attached hydrogens (tertiary/aromatic N) is 3. The summed E-state index contributed by atoms with van der Waals surface area (Å²) in [5.74, 6) is 0.797. The first-order valence-electron chi connectivity index (χ1n) is 7.36. The third kappa shape index (κ3) is 3.07. The summed E-state index contributed by atoms with van der Waals surface area (Å²) in [6.07, 6.45) is 3.42. The van der Waals surface area contributed by atoms with Crippen LogP contribution in [0.4, 0.5) is 10.6 Å². The largest absolute Gasteiger partial charge is 0.327 e. The van der Waals surface area contributed by atoms with E-state index >= 15 is 0 Å². The standard InChI is InChI=1S/C17H18ClN3O/c1-20(11-8-13-4-6-15(18)7-5-13)17(22)21-12-9-14-3-2-10-19-16(14)21/h2-7,10H,8-9,11-12H2,1H3. The Bertz CT molecular complexity index is 672. The highest BCUT2D eigenvalue weighted by Crippen LogP contribution is 2.25. The van der Waals surface area contributed by atoms with Gasteiger partial charge in [0.2, 0.25) is 0 Å². The first-order valence-corrected chi connectivity index (χ1v) is 7.74. The molecule has 114 valence electrons. The van der Waals surface area contributed by atoms with Crippen LogP contribution in [-0.2, 0) is 12.8 Å². The highest BCUT2D eigenvalue weighted by Gasteiger charge is 2.27. The van der Waals surface area contributed by atoms with E-state index in [-0.39, 0.29) is 6.03 Å². The molecule has 0 radical (unpaired) electrons. The number of amides is 2. The second-order valence-electron chi connectivity index (χ2n) is 5.47. The normalized spacial score (nSPS) is 13.1. The van der Waals surface area contributed by atoms with Crippen LogP contribution in [0.5, 0.6) is 0 Å². The SMILES string of the molecule is CN(CCc1ccc(Cl)cc1)C(=O)N1CCc2cccnc21. The van der Waals surface area contributed by atoms with E-state index in [1.54, 1.807) is 16.0 Å². The van der Waals surface area contributed by atoms with E-state index in [0.717, 1.165) is 29.2 Å². The first-order chi connectivity index (χ1) is 10.6. The molecule has 1 aliphatic rings. The number of fused-ring (bicyclic) bond motifs is 1. The zero-order valence-electron chi connectivity index (χ0n) is 12.5. The number of benzene rings is 1. The lowest BCUT2D eigenvalue weighted by atomic mass is 10.1. The summed E-state index contributed by atoms with van der Waals surface area (Å²) >= 11 is 5.88. The number of carbonyl (C=O) groups is 1. The summed E-state index contributed by atoms with van der Waals surface area (Å²) in [7, 11) is 1.83. The fraction of sp³-hybridized carbons (Fsp3) is 0.294. The van der Waals surface area contributed by atoms with Crippen molar-refractivity contribution in [3.63, 3.8) is 0 Å². The van der Waals surface area contributed by atoms with Gasteiger partial charge in [0.15, 0.2) is 0 Å². The molecular formula is C17H18ClN3O. The summed E-state index contributed by atoms with van der Waals surface area (Å²) in [6, 6.07) is 11.7. The number of pyridine rings is 1. The molecule has 2 amide bonds. The molecular weight excluding hydrogens is 298 g/mol. The van der Waals surface area contributed by atoms with Crippen LogP contribution in [-0.4, -0.2) is 36.1 Å². The van der Waals surface area contributed by atoms with Crippen LogP contribution in [0.1, 0.15) is 11.1 Å². The number of urea groups is 1. The second kappa shape index (κ2) is 6.36. The molecule has 4 nitrogen and oxygen atoms in total. The van der Waals surface area contributed by atoms with Gasteiger partial charge in [0.05, 0.1) is 0 Å². The number of rotatable bonds is 3. The summed E-state index contributed by atoms with van der Waals surface area (Å²) < 4.78 is 0. The van der Waals surface area contributed by atoms with E-state index in [1.165, 1.54) is 5.56 Å². The van der Waals surface area contributed by atoms with E-state index < -0.39 is 0 Å². The number of anilines is 1. The lowest BCUT2D eigenvalue weighted by molar-refractivity contribution is 0.216. The molecule has 2 aromatic rings. The Morgan fingerprint density at radius 3 is 2.86 bits per heavy atom. The molecule has 0 spiro atoms. The molecule has 0 atom stereocenters. The van der Waals surface area contributed by atoms with Crippen LogP contribution in [0.2, 0.25) is 5.02 Å². The first kappa shape index (κ1) is 14.9. The van der Waals surface area contributed by atoms with Gasteiger partial charge in [-0.1, -0.05) is 29.8 Å². The zero-order valence-corrected chi connectivity index (χ0v) is 13.3. The Morgan fingerprint density at radius 2 is 2.09 bits per heavy atom. The van der Waals surface area contributed by atoms with Crippen molar-refractivity contribution >= 4 is 23.4 Å². The lowest BCUT2D eigenvalue weighted by Gasteiger charge is -2.24. The topological polar surface area (TPSA) is 36.4 Å². The Hall–Kier alpha value is -2.07. The fourth-order valence-corrected chi connectivity index (χ4v) is 2.77. The molecule has 3 rings (SSSR count). The minimum absolute atomic E-state index is 0.00594. The smallest absolute Gasteiger partial charge is 0.325 e. The Labute approximate surface area is 135 Å². The van der Waals surface area contributed by atoms with Crippen LogP contribution in [0.15, 0.2) is 42.6 Å². The van der Waals surface area contributed by atoms with E-state index in [1.807, 2.05) is 43.4 Å². The molecule has 0 saturated carbocycles. The molecule has 5 heteroatoms. The minimum Gasteiger partial charge on any atom is -0.327 e. The quantitative estimate of drug-likeness (QED) is 0.870.